The number of benzene rings is 2. The standard InChI is InChI=1S/C18H21NO4S/c1-22-12-13-23-17-10-6-5-9-16(17)18(20)19-11-14-24(21)15-7-3-2-4-8-15/h2-10H,11-14H2,1H3,(H,19,20). The molecular weight excluding hydrogens is 326 g/mol. The lowest BCUT2D eigenvalue weighted by Crippen LogP contribution is -2.28. The second kappa shape index (κ2) is 9.85. The third kappa shape index (κ3) is 5.47. The highest BCUT2D eigenvalue weighted by atomic mass is 32.2. The molecule has 0 radical (unpaired) electrons. The highest BCUT2D eigenvalue weighted by Crippen LogP contribution is 2.17. The Kier molecular flexibility index (Phi) is 7.45. The van der Waals surface area contributed by atoms with Crippen molar-refractivity contribution in [2.24, 2.45) is 0 Å². The van der Waals surface area contributed by atoms with Gasteiger partial charge in [0, 0.05) is 24.3 Å². The number of carbonyl (C=O) groups excluding carboxylic acids is 1. The molecule has 0 spiro atoms. The number of ether oxygens (including phenoxy) is 2. The number of nitrogens with one attached hydrogen (secondary N) is 1. The Labute approximate surface area is 144 Å². The fraction of sp³-hybridized carbons (Fsp3) is 0.278. The average Bonchev–Trinajstić information content (AvgIpc) is 2.63. The second-order valence-electron chi connectivity index (χ2n) is 4.96. The number of methoxy groups -OCH3 is 1. The van der Waals surface area contributed by atoms with Crippen molar-refractivity contribution in [3.63, 3.8) is 0 Å². The first-order valence-corrected chi connectivity index (χ1v) is 8.96. The summed E-state index contributed by atoms with van der Waals surface area (Å²) < 4.78 is 22.6. The van der Waals surface area contributed by atoms with E-state index < -0.39 is 10.8 Å². The van der Waals surface area contributed by atoms with Gasteiger partial charge in [-0.15, -0.1) is 0 Å². The summed E-state index contributed by atoms with van der Waals surface area (Å²) in [4.78, 5) is 13.1. The molecule has 2 aromatic carbocycles. The molecule has 128 valence electrons. The normalized spacial score (nSPS) is 11.7. The van der Waals surface area contributed by atoms with Crippen molar-refractivity contribution < 1.29 is 18.5 Å². The molecular formula is C18H21NO4S. The number of hydrogen-bond acceptors (Lipinski definition) is 4. The Morgan fingerprint density at radius 1 is 1.04 bits per heavy atom. The lowest BCUT2D eigenvalue weighted by molar-refractivity contribution is 0.0948. The van der Waals surface area contributed by atoms with Gasteiger partial charge in [0.2, 0.25) is 0 Å². The first kappa shape index (κ1) is 18.2. The second-order valence-corrected chi connectivity index (χ2v) is 6.53. The van der Waals surface area contributed by atoms with Gasteiger partial charge in [0.1, 0.15) is 12.4 Å². The SMILES string of the molecule is COCCOc1ccccc1C(=O)NCCS(=O)c1ccccc1. The molecule has 24 heavy (non-hydrogen) atoms. The average molecular weight is 347 g/mol. The van der Waals surface area contributed by atoms with Crippen LogP contribution in [0.4, 0.5) is 0 Å². The minimum atomic E-state index is -1.13. The molecule has 0 aliphatic heterocycles. The Morgan fingerprint density at radius 2 is 1.75 bits per heavy atom. The van der Waals surface area contributed by atoms with E-state index in [4.69, 9.17) is 9.47 Å². The summed E-state index contributed by atoms with van der Waals surface area (Å²) in [5.41, 5.74) is 0.457. The molecule has 0 saturated heterocycles. The zero-order chi connectivity index (χ0) is 17.2. The zero-order valence-electron chi connectivity index (χ0n) is 13.6. The van der Waals surface area contributed by atoms with E-state index in [0.29, 0.717) is 36.8 Å². The van der Waals surface area contributed by atoms with Crippen molar-refractivity contribution in [3.8, 4) is 5.75 Å². The molecule has 1 N–H and O–H groups in total. The molecule has 0 heterocycles. The molecule has 0 bridgehead atoms. The van der Waals surface area contributed by atoms with Crippen LogP contribution in [0.5, 0.6) is 5.75 Å². The van der Waals surface area contributed by atoms with Gasteiger partial charge in [0.25, 0.3) is 5.91 Å². The zero-order valence-corrected chi connectivity index (χ0v) is 14.4. The van der Waals surface area contributed by atoms with Crippen molar-refractivity contribution in [2.45, 2.75) is 4.90 Å². The number of amides is 1. The molecule has 1 atom stereocenters. The summed E-state index contributed by atoms with van der Waals surface area (Å²) in [6.07, 6.45) is 0. The van der Waals surface area contributed by atoms with Crippen molar-refractivity contribution in [2.75, 3.05) is 32.6 Å². The largest absolute Gasteiger partial charge is 0.490 e. The van der Waals surface area contributed by atoms with Crippen LogP contribution in [-0.4, -0.2) is 42.7 Å². The fourth-order valence-electron chi connectivity index (χ4n) is 2.06. The summed E-state index contributed by atoms with van der Waals surface area (Å²) in [5.74, 6) is 0.631. The fourth-order valence-corrected chi connectivity index (χ4v) is 3.04. The maximum absolute atomic E-state index is 12.3. The third-order valence-electron chi connectivity index (χ3n) is 3.26. The van der Waals surface area contributed by atoms with Crippen molar-refractivity contribution in [1.82, 2.24) is 5.32 Å². The van der Waals surface area contributed by atoms with Crippen LogP contribution >= 0.6 is 0 Å². The maximum Gasteiger partial charge on any atom is 0.255 e. The Hall–Kier alpha value is -2.18. The quantitative estimate of drug-likeness (QED) is 0.707. The first-order chi connectivity index (χ1) is 11.7. The predicted octanol–water partition coefficient (Wildman–Crippen LogP) is 2.25. The van der Waals surface area contributed by atoms with E-state index in [9.17, 15) is 9.00 Å². The molecule has 6 heteroatoms. The van der Waals surface area contributed by atoms with Crippen LogP contribution in [-0.2, 0) is 15.5 Å². The molecule has 0 aliphatic carbocycles. The van der Waals surface area contributed by atoms with E-state index in [1.165, 1.54) is 0 Å². The minimum absolute atomic E-state index is 0.243. The van der Waals surface area contributed by atoms with Crippen molar-refractivity contribution in [1.29, 1.82) is 0 Å². The highest BCUT2D eigenvalue weighted by Gasteiger charge is 2.12. The van der Waals surface area contributed by atoms with E-state index >= 15 is 0 Å². The van der Waals surface area contributed by atoms with Crippen LogP contribution in [0.3, 0.4) is 0 Å². The van der Waals surface area contributed by atoms with Gasteiger partial charge in [-0.1, -0.05) is 30.3 Å². The van der Waals surface area contributed by atoms with Crippen LogP contribution in [0.1, 0.15) is 10.4 Å². The summed E-state index contributed by atoms with van der Waals surface area (Å²) in [6, 6.07) is 16.2. The van der Waals surface area contributed by atoms with Gasteiger partial charge in [0.15, 0.2) is 0 Å². The number of para-hydroxylation sites is 1. The molecule has 0 fully saturated rings. The van der Waals surface area contributed by atoms with Gasteiger partial charge in [-0.05, 0) is 24.3 Å². The first-order valence-electron chi connectivity index (χ1n) is 7.64. The van der Waals surface area contributed by atoms with Crippen LogP contribution in [0, 0.1) is 0 Å². The van der Waals surface area contributed by atoms with Crippen molar-refractivity contribution >= 4 is 16.7 Å². The van der Waals surface area contributed by atoms with Gasteiger partial charge in [-0.3, -0.25) is 9.00 Å². The van der Waals surface area contributed by atoms with Crippen molar-refractivity contribution in [3.05, 3.63) is 60.2 Å². The highest BCUT2D eigenvalue weighted by molar-refractivity contribution is 7.85. The molecule has 2 aromatic rings. The lowest BCUT2D eigenvalue weighted by Gasteiger charge is -2.11. The van der Waals surface area contributed by atoms with Crippen LogP contribution < -0.4 is 10.1 Å². The van der Waals surface area contributed by atoms with E-state index in [0.717, 1.165) is 4.90 Å². The summed E-state index contributed by atoms with van der Waals surface area (Å²) in [7, 11) is 0.462. The number of hydrogen-bond donors (Lipinski definition) is 1. The maximum atomic E-state index is 12.3. The molecule has 1 amide bonds. The summed E-state index contributed by atoms with van der Waals surface area (Å²) >= 11 is 0. The van der Waals surface area contributed by atoms with Gasteiger partial charge in [0.05, 0.1) is 23.0 Å². The van der Waals surface area contributed by atoms with Gasteiger partial charge in [-0.25, -0.2) is 0 Å². The van der Waals surface area contributed by atoms with Crippen LogP contribution in [0.2, 0.25) is 0 Å². The molecule has 0 aliphatic rings. The van der Waals surface area contributed by atoms with Gasteiger partial charge >= 0.3 is 0 Å². The summed E-state index contributed by atoms with van der Waals surface area (Å²) in [6.45, 7) is 1.15. The van der Waals surface area contributed by atoms with E-state index in [1.807, 2.05) is 36.4 Å². The van der Waals surface area contributed by atoms with Gasteiger partial charge < -0.3 is 14.8 Å². The monoisotopic (exact) mass is 347 g/mol. The van der Waals surface area contributed by atoms with E-state index in [-0.39, 0.29) is 5.91 Å². The predicted molar refractivity (Wildman–Crippen MR) is 93.9 cm³/mol. The van der Waals surface area contributed by atoms with Crippen LogP contribution in [0.15, 0.2) is 59.5 Å². The molecule has 2 rings (SSSR count). The Balaban J connectivity index is 1.87. The molecule has 0 aromatic heterocycles. The molecule has 0 saturated carbocycles. The van der Waals surface area contributed by atoms with E-state index in [2.05, 4.69) is 5.32 Å². The summed E-state index contributed by atoms with van der Waals surface area (Å²) in [5, 5.41) is 2.79. The lowest BCUT2D eigenvalue weighted by atomic mass is 10.2. The van der Waals surface area contributed by atoms with E-state index in [1.54, 1.807) is 25.3 Å². The Bertz CT molecular complexity index is 676. The van der Waals surface area contributed by atoms with Crippen LogP contribution in [0.25, 0.3) is 0 Å². The molecule has 5 nitrogen and oxygen atoms in total. The number of carbonyl (C=O) groups is 1. The molecule has 1 unspecified atom stereocenters. The third-order valence-corrected chi connectivity index (χ3v) is 4.63. The minimum Gasteiger partial charge on any atom is -0.490 e. The topological polar surface area (TPSA) is 64.6 Å². The Morgan fingerprint density at radius 3 is 2.50 bits per heavy atom. The smallest absolute Gasteiger partial charge is 0.255 e. The number of rotatable bonds is 9. The van der Waals surface area contributed by atoms with Gasteiger partial charge in [-0.2, -0.15) is 0 Å².